The van der Waals surface area contributed by atoms with Gasteiger partial charge >= 0.3 is 0 Å². The molecule has 1 aromatic heterocycles. The maximum atomic E-state index is 12.2. The molecule has 0 unspecified atom stereocenters. The van der Waals surface area contributed by atoms with Crippen LogP contribution in [0.1, 0.15) is 9.67 Å². The molecule has 0 aliphatic rings. The molecule has 0 spiro atoms. The second kappa shape index (κ2) is 6.58. The molecule has 0 aliphatic carbocycles. The lowest BCUT2D eigenvalue weighted by atomic mass is 10.3. The number of sulfone groups is 1. The van der Waals surface area contributed by atoms with Gasteiger partial charge in [0.1, 0.15) is 4.21 Å². The van der Waals surface area contributed by atoms with Gasteiger partial charge in [-0.25, -0.2) is 13.3 Å². The molecule has 0 atom stereocenters. The first kappa shape index (κ1) is 17.3. The molecule has 0 saturated carbocycles. The number of nitrogens with zero attached hydrogens (tertiary/aromatic N) is 2. The van der Waals surface area contributed by atoms with E-state index in [-0.39, 0.29) is 14.8 Å². The topological polar surface area (TPSA) is 70.8 Å². The summed E-state index contributed by atoms with van der Waals surface area (Å²) in [6.07, 6.45) is 1.01. The lowest BCUT2D eigenvalue weighted by molar-refractivity contribution is 0.0955. The highest BCUT2D eigenvalue weighted by Gasteiger charge is 2.21. The molecule has 23 heavy (non-hydrogen) atoms. The number of rotatable bonds is 4. The van der Waals surface area contributed by atoms with E-state index in [0.717, 1.165) is 17.6 Å². The second-order valence-electron chi connectivity index (χ2n) is 4.64. The molecule has 0 bridgehead atoms. The number of hydrogen-bond acceptors (Lipinski definition) is 5. The molecule has 9 heteroatoms. The third-order valence-corrected chi connectivity index (χ3v) is 6.05. The Kier molecular flexibility index (Phi) is 4.94. The molecule has 0 fully saturated rings. The van der Waals surface area contributed by atoms with Gasteiger partial charge in [-0.2, -0.15) is 0 Å². The van der Waals surface area contributed by atoms with Crippen LogP contribution in [0.5, 0.6) is 0 Å². The van der Waals surface area contributed by atoms with E-state index < -0.39 is 15.7 Å². The van der Waals surface area contributed by atoms with Crippen molar-refractivity contribution in [3.8, 4) is 0 Å². The monoisotopic (exact) mass is 369 g/mol. The van der Waals surface area contributed by atoms with Gasteiger partial charge in [0.2, 0.25) is 5.69 Å². The molecule has 1 N–H and O–H groups in total. The fourth-order valence-electron chi connectivity index (χ4n) is 1.76. The second-order valence-corrected chi connectivity index (χ2v) is 8.34. The predicted molar refractivity (Wildman–Crippen MR) is 91.0 cm³/mol. The lowest BCUT2D eigenvalue weighted by Gasteiger charge is -2.19. The molecule has 120 valence electrons. The minimum atomic E-state index is -3.55. The number of carbonyl (C=O) groups excluding carboxylic acids is 1. The van der Waals surface area contributed by atoms with E-state index in [1.807, 2.05) is 0 Å². The van der Waals surface area contributed by atoms with Crippen molar-refractivity contribution < 1.29 is 13.2 Å². The lowest BCUT2D eigenvalue weighted by Crippen LogP contribution is -2.38. The average molecular weight is 370 g/mol. The zero-order valence-electron chi connectivity index (χ0n) is 12.2. The average Bonchev–Trinajstić information content (AvgIpc) is 2.92. The summed E-state index contributed by atoms with van der Waals surface area (Å²) in [5.41, 5.74) is 3.27. The fourth-order valence-corrected chi connectivity index (χ4v) is 3.96. The Morgan fingerprint density at radius 2 is 1.96 bits per heavy atom. The van der Waals surface area contributed by atoms with Crippen molar-refractivity contribution in [3.05, 3.63) is 51.6 Å². The zero-order valence-corrected chi connectivity index (χ0v) is 14.6. The van der Waals surface area contributed by atoms with Gasteiger partial charge < -0.3 is 0 Å². The van der Waals surface area contributed by atoms with Crippen molar-refractivity contribution in [2.75, 3.05) is 18.3 Å². The number of amides is 1. The highest BCUT2D eigenvalue weighted by atomic mass is 35.5. The molecular weight excluding hydrogens is 358 g/mol. The molecule has 2 rings (SSSR count). The van der Waals surface area contributed by atoms with Crippen molar-refractivity contribution in [1.82, 2.24) is 5.43 Å². The fraction of sp³-hybridized carbons (Fsp3) is 0.143. The highest BCUT2D eigenvalue weighted by Crippen LogP contribution is 2.33. The predicted octanol–water partition coefficient (Wildman–Crippen LogP) is 3.14. The summed E-state index contributed by atoms with van der Waals surface area (Å²) >= 11 is 6.58. The van der Waals surface area contributed by atoms with Crippen LogP contribution >= 0.6 is 22.9 Å². The summed E-state index contributed by atoms with van der Waals surface area (Å²) in [5, 5.41) is 2.06. The van der Waals surface area contributed by atoms with Crippen LogP contribution in [-0.2, 0) is 9.84 Å². The Hall–Kier alpha value is -2.08. The Morgan fingerprint density at radius 3 is 2.43 bits per heavy atom. The van der Waals surface area contributed by atoms with Crippen molar-refractivity contribution in [2.24, 2.45) is 0 Å². The van der Waals surface area contributed by atoms with Crippen LogP contribution in [0.2, 0.25) is 5.02 Å². The van der Waals surface area contributed by atoms with Gasteiger partial charge in [0.25, 0.3) is 5.91 Å². The van der Waals surface area contributed by atoms with Crippen molar-refractivity contribution in [1.29, 1.82) is 0 Å². The third-order valence-electron chi connectivity index (χ3n) is 2.84. The van der Waals surface area contributed by atoms with Crippen molar-refractivity contribution in [2.45, 2.75) is 4.21 Å². The normalized spacial score (nSPS) is 10.9. The van der Waals surface area contributed by atoms with Crippen LogP contribution in [0.15, 0.2) is 34.5 Å². The van der Waals surface area contributed by atoms with E-state index in [1.54, 1.807) is 31.3 Å². The Labute approximate surface area is 143 Å². The molecule has 0 radical (unpaired) electrons. The summed E-state index contributed by atoms with van der Waals surface area (Å²) in [5.74, 6) is -0.493. The van der Waals surface area contributed by atoms with Crippen molar-refractivity contribution in [3.63, 3.8) is 0 Å². The number of carbonyl (C=O) groups is 1. The van der Waals surface area contributed by atoms with E-state index in [9.17, 15) is 13.2 Å². The van der Waals surface area contributed by atoms with E-state index in [0.29, 0.717) is 10.7 Å². The van der Waals surface area contributed by atoms with E-state index in [4.69, 9.17) is 18.2 Å². The number of hydrogen-bond donors (Lipinski definition) is 1. The molecule has 6 nitrogen and oxygen atoms in total. The first-order valence-corrected chi connectivity index (χ1v) is 9.32. The SMILES string of the molecule is [C-]#[N+]c1cc(C(=O)NN(C)c2ccc(Cl)cc2)sc1S(C)(=O)=O. The zero-order chi connectivity index (χ0) is 17.2. The third kappa shape index (κ3) is 4.01. The van der Waals surface area contributed by atoms with Gasteiger partial charge in [0.15, 0.2) is 9.84 Å². The quantitative estimate of drug-likeness (QED) is 0.664. The van der Waals surface area contributed by atoms with Crippen LogP contribution in [0, 0.1) is 6.57 Å². The standard InChI is InChI=1S/C14H12ClN3O3S2/c1-16-11-8-12(22-14(11)23(3,20)21)13(19)17-18(2)10-6-4-9(15)5-7-10/h4-8H,2-3H3,(H,17,19). The van der Waals surface area contributed by atoms with Gasteiger partial charge in [0.05, 0.1) is 17.1 Å². The summed E-state index contributed by atoms with van der Waals surface area (Å²) in [4.78, 5) is 15.5. The summed E-state index contributed by atoms with van der Waals surface area (Å²) in [6, 6.07) is 8.10. The summed E-state index contributed by atoms with van der Waals surface area (Å²) in [6.45, 7) is 7.03. The first-order chi connectivity index (χ1) is 10.7. The van der Waals surface area contributed by atoms with Gasteiger partial charge in [-0.05, 0) is 30.3 Å². The van der Waals surface area contributed by atoms with Gasteiger partial charge in [-0.3, -0.25) is 15.2 Å². The van der Waals surface area contributed by atoms with E-state index in [2.05, 4.69) is 10.3 Å². The van der Waals surface area contributed by atoms with Gasteiger partial charge in [0, 0.05) is 18.3 Å². The van der Waals surface area contributed by atoms with Crippen molar-refractivity contribution >= 4 is 50.1 Å². The highest BCUT2D eigenvalue weighted by molar-refractivity contribution is 7.93. The van der Waals surface area contributed by atoms with Crippen LogP contribution < -0.4 is 10.4 Å². The van der Waals surface area contributed by atoms with Gasteiger partial charge in [-0.15, -0.1) is 11.3 Å². The molecule has 2 aromatic rings. The molecule has 1 aromatic carbocycles. The van der Waals surface area contributed by atoms with Crippen LogP contribution in [0.3, 0.4) is 0 Å². The number of benzene rings is 1. The van der Waals surface area contributed by atoms with Crippen LogP contribution in [-0.4, -0.2) is 27.6 Å². The Bertz CT molecular complexity index is 883. The maximum absolute atomic E-state index is 12.2. The maximum Gasteiger partial charge on any atom is 0.278 e. The Balaban J connectivity index is 2.23. The minimum absolute atomic E-state index is 0.0446. The number of hydrazine groups is 1. The molecule has 1 heterocycles. The van der Waals surface area contributed by atoms with Crippen LogP contribution in [0.25, 0.3) is 4.85 Å². The molecular formula is C14H12ClN3O3S2. The first-order valence-electron chi connectivity index (χ1n) is 6.24. The summed E-state index contributed by atoms with van der Waals surface area (Å²) in [7, 11) is -1.91. The molecule has 0 saturated heterocycles. The smallest absolute Gasteiger partial charge is 0.278 e. The molecule has 0 aliphatic heterocycles. The Morgan fingerprint density at radius 1 is 1.35 bits per heavy atom. The van der Waals surface area contributed by atoms with E-state index >= 15 is 0 Å². The van der Waals surface area contributed by atoms with Crippen LogP contribution in [0.4, 0.5) is 11.4 Å². The number of nitrogens with one attached hydrogen (secondary N) is 1. The number of anilines is 1. The minimum Gasteiger partial charge on any atom is -0.288 e. The number of halogens is 1. The molecule has 1 amide bonds. The van der Waals surface area contributed by atoms with Gasteiger partial charge in [-0.1, -0.05) is 11.6 Å². The summed E-state index contributed by atoms with van der Waals surface area (Å²) < 4.78 is 23.2. The number of thiophene rings is 1. The largest absolute Gasteiger partial charge is 0.288 e. The van der Waals surface area contributed by atoms with E-state index in [1.165, 1.54) is 11.1 Å².